The molecule has 3 aromatic rings. The minimum Gasteiger partial charge on any atom is -0.454 e. The lowest BCUT2D eigenvalue weighted by Gasteiger charge is -2.22. The molecule has 2 aromatic carbocycles. The molecule has 2 aliphatic rings. The summed E-state index contributed by atoms with van der Waals surface area (Å²) in [5.74, 6) is 2.93. The molecule has 1 amide bonds. The summed E-state index contributed by atoms with van der Waals surface area (Å²) in [7, 11) is 0. The van der Waals surface area contributed by atoms with Crippen molar-refractivity contribution in [3.05, 3.63) is 54.1 Å². The van der Waals surface area contributed by atoms with Gasteiger partial charge in [0.1, 0.15) is 0 Å². The second-order valence-corrected chi connectivity index (χ2v) is 10.3. The van der Waals surface area contributed by atoms with E-state index in [2.05, 4.69) is 20.1 Å². The van der Waals surface area contributed by atoms with E-state index in [-0.39, 0.29) is 18.0 Å². The van der Waals surface area contributed by atoms with Crippen LogP contribution < -0.4 is 14.8 Å². The Hall–Kier alpha value is -3.00. The van der Waals surface area contributed by atoms with E-state index >= 15 is 0 Å². The summed E-state index contributed by atoms with van der Waals surface area (Å²) in [6.07, 6.45) is 6.30. The number of thioether (sulfide) groups is 1. The highest BCUT2D eigenvalue weighted by atomic mass is 32.2. The molecule has 0 radical (unpaired) electrons. The van der Waals surface area contributed by atoms with Gasteiger partial charge in [-0.3, -0.25) is 9.36 Å². The Morgan fingerprint density at radius 1 is 1.09 bits per heavy atom. The highest BCUT2D eigenvalue weighted by molar-refractivity contribution is 8.00. The lowest BCUT2D eigenvalue weighted by atomic mass is 9.89. The maximum absolute atomic E-state index is 12.8. The number of nitrogens with one attached hydrogen (secondary N) is 1. The summed E-state index contributed by atoms with van der Waals surface area (Å²) < 4.78 is 13.1. The van der Waals surface area contributed by atoms with Crippen LogP contribution in [0.2, 0.25) is 0 Å². The number of benzene rings is 2. The minimum atomic E-state index is -0.271. The Balaban J connectivity index is 1.34. The van der Waals surface area contributed by atoms with E-state index in [9.17, 15) is 4.79 Å². The van der Waals surface area contributed by atoms with E-state index in [1.54, 1.807) is 0 Å². The number of fused-ring (bicyclic) bond motifs is 1. The number of ether oxygens (including phenoxy) is 2. The third kappa shape index (κ3) is 5.22. The summed E-state index contributed by atoms with van der Waals surface area (Å²) in [6, 6.07) is 16.0. The maximum atomic E-state index is 12.8. The molecule has 178 valence electrons. The SMILES string of the molecule is CC(Sc1nnc(-c2ccccc2)n1Cc1ccc2c(c1)OCO2)C(=O)NCC1CCCCC1. The molecule has 1 aromatic heterocycles. The average Bonchev–Trinajstić information content (AvgIpc) is 3.50. The van der Waals surface area contributed by atoms with Crippen molar-refractivity contribution in [2.75, 3.05) is 13.3 Å². The van der Waals surface area contributed by atoms with E-state index in [1.807, 2.05) is 55.5 Å². The zero-order chi connectivity index (χ0) is 23.3. The largest absolute Gasteiger partial charge is 0.454 e. The van der Waals surface area contributed by atoms with Gasteiger partial charge in [-0.2, -0.15) is 0 Å². The van der Waals surface area contributed by atoms with Crippen LogP contribution in [-0.2, 0) is 11.3 Å². The number of aromatic nitrogens is 3. The van der Waals surface area contributed by atoms with Crippen molar-refractivity contribution in [1.29, 1.82) is 0 Å². The summed E-state index contributed by atoms with van der Waals surface area (Å²) in [4.78, 5) is 12.8. The van der Waals surface area contributed by atoms with E-state index in [4.69, 9.17) is 9.47 Å². The molecule has 1 N–H and O–H groups in total. The second-order valence-electron chi connectivity index (χ2n) is 8.96. The third-order valence-corrected chi connectivity index (χ3v) is 7.55. The van der Waals surface area contributed by atoms with Crippen LogP contribution in [0.5, 0.6) is 11.5 Å². The van der Waals surface area contributed by atoms with Gasteiger partial charge in [0.05, 0.1) is 11.8 Å². The summed E-state index contributed by atoms with van der Waals surface area (Å²) in [6.45, 7) is 3.51. The number of hydrogen-bond donors (Lipinski definition) is 1. The first-order valence-electron chi connectivity index (χ1n) is 12.0. The fourth-order valence-electron chi connectivity index (χ4n) is 4.53. The number of nitrogens with zero attached hydrogens (tertiary/aromatic N) is 3. The average molecular weight is 479 g/mol. The maximum Gasteiger partial charge on any atom is 0.233 e. The van der Waals surface area contributed by atoms with Crippen LogP contribution in [0.4, 0.5) is 0 Å². The molecule has 1 aliphatic carbocycles. The van der Waals surface area contributed by atoms with Crippen LogP contribution in [0.15, 0.2) is 53.7 Å². The van der Waals surface area contributed by atoms with Crippen LogP contribution in [0.25, 0.3) is 11.4 Å². The first-order valence-corrected chi connectivity index (χ1v) is 12.9. The Labute approximate surface area is 204 Å². The normalized spacial score (nSPS) is 16.4. The standard InChI is InChI=1S/C26H30N4O3S/c1-18(25(31)27-15-19-8-4-2-5-9-19)34-26-29-28-24(21-10-6-3-7-11-21)30(26)16-20-12-13-22-23(14-20)33-17-32-22/h3,6-7,10-14,18-19H,2,4-5,8-9,15-17H2,1H3,(H,27,31). The Kier molecular flexibility index (Phi) is 7.04. The van der Waals surface area contributed by atoms with E-state index in [1.165, 1.54) is 43.9 Å². The molecule has 0 bridgehead atoms. The molecule has 1 saturated carbocycles. The van der Waals surface area contributed by atoms with E-state index < -0.39 is 0 Å². The van der Waals surface area contributed by atoms with Gasteiger partial charge >= 0.3 is 0 Å². The predicted molar refractivity (Wildman–Crippen MR) is 132 cm³/mol. The number of carbonyl (C=O) groups excluding carboxylic acids is 1. The Morgan fingerprint density at radius 3 is 2.71 bits per heavy atom. The van der Waals surface area contributed by atoms with Crippen molar-refractivity contribution < 1.29 is 14.3 Å². The van der Waals surface area contributed by atoms with Crippen LogP contribution in [0.3, 0.4) is 0 Å². The second kappa shape index (κ2) is 10.5. The topological polar surface area (TPSA) is 78.3 Å². The summed E-state index contributed by atoms with van der Waals surface area (Å²) in [5.41, 5.74) is 2.04. The van der Waals surface area contributed by atoms with Crippen LogP contribution in [0.1, 0.15) is 44.6 Å². The molecule has 5 rings (SSSR count). The molecule has 8 heteroatoms. The van der Waals surface area contributed by atoms with Gasteiger partial charge in [-0.15, -0.1) is 10.2 Å². The monoisotopic (exact) mass is 478 g/mol. The van der Waals surface area contributed by atoms with Gasteiger partial charge in [-0.25, -0.2) is 0 Å². The van der Waals surface area contributed by atoms with Gasteiger partial charge in [0.15, 0.2) is 22.5 Å². The summed E-state index contributed by atoms with van der Waals surface area (Å²) in [5, 5.41) is 12.6. The Morgan fingerprint density at radius 2 is 1.88 bits per heavy atom. The van der Waals surface area contributed by atoms with Gasteiger partial charge in [0.2, 0.25) is 12.7 Å². The fraction of sp³-hybridized carbons (Fsp3) is 0.423. The molecule has 1 aliphatic heterocycles. The zero-order valence-corrected chi connectivity index (χ0v) is 20.2. The van der Waals surface area contributed by atoms with Gasteiger partial charge in [0, 0.05) is 12.1 Å². The van der Waals surface area contributed by atoms with Crippen molar-refractivity contribution in [1.82, 2.24) is 20.1 Å². The van der Waals surface area contributed by atoms with Crippen molar-refractivity contribution >= 4 is 17.7 Å². The van der Waals surface area contributed by atoms with Crippen molar-refractivity contribution in [2.45, 2.75) is 56.0 Å². The predicted octanol–water partition coefficient (Wildman–Crippen LogP) is 4.90. The molecule has 2 heterocycles. The molecular formula is C26H30N4O3S. The van der Waals surface area contributed by atoms with E-state index in [0.29, 0.717) is 12.5 Å². The van der Waals surface area contributed by atoms with Crippen molar-refractivity contribution in [3.8, 4) is 22.9 Å². The smallest absolute Gasteiger partial charge is 0.233 e. The number of hydrogen-bond acceptors (Lipinski definition) is 6. The highest BCUT2D eigenvalue weighted by Gasteiger charge is 2.23. The van der Waals surface area contributed by atoms with Gasteiger partial charge < -0.3 is 14.8 Å². The van der Waals surface area contributed by atoms with Crippen LogP contribution >= 0.6 is 11.8 Å². The molecule has 0 spiro atoms. The molecule has 1 fully saturated rings. The van der Waals surface area contributed by atoms with Gasteiger partial charge in [-0.05, 0) is 43.4 Å². The fourth-order valence-corrected chi connectivity index (χ4v) is 5.41. The number of amides is 1. The van der Waals surface area contributed by atoms with Crippen LogP contribution in [0, 0.1) is 5.92 Å². The van der Waals surface area contributed by atoms with Gasteiger partial charge in [-0.1, -0.05) is 67.4 Å². The van der Waals surface area contributed by atoms with Crippen molar-refractivity contribution in [3.63, 3.8) is 0 Å². The molecule has 7 nitrogen and oxygen atoms in total. The summed E-state index contributed by atoms with van der Waals surface area (Å²) >= 11 is 1.45. The molecule has 34 heavy (non-hydrogen) atoms. The number of rotatable bonds is 8. The highest BCUT2D eigenvalue weighted by Crippen LogP contribution is 2.34. The van der Waals surface area contributed by atoms with Gasteiger partial charge in [0.25, 0.3) is 0 Å². The molecular weight excluding hydrogens is 448 g/mol. The Bertz CT molecular complexity index is 1130. The minimum absolute atomic E-state index is 0.0504. The first-order chi connectivity index (χ1) is 16.7. The zero-order valence-electron chi connectivity index (χ0n) is 19.4. The number of carbonyl (C=O) groups is 1. The van der Waals surface area contributed by atoms with E-state index in [0.717, 1.165) is 40.2 Å². The third-order valence-electron chi connectivity index (χ3n) is 6.47. The lowest BCUT2D eigenvalue weighted by molar-refractivity contribution is -0.120. The first kappa shape index (κ1) is 22.8. The lowest BCUT2D eigenvalue weighted by Crippen LogP contribution is -2.35. The quantitative estimate of drug-likeness (QED) is 0.464. The molecule has 1 unspecified atom stereocenters. The molecule has 0 saturated heterocycles. The molecule has 1 atom stereocenters. The van der Waals surface area contributed by atoms with Crippen molar-refractivity contribution in [2.24, 2.45) is 5.92 Å². The van der Waals surface area contributed by atoms with Crippen LogP contribution in [-0.4, -0.2) is 39.3 Å².